The van der Waals surface area contributed by atoms with Crippen LogP contribution in [0.4, 0.5) is 105 Å². The third kappa shape index (κ3) is 12.8. The zero-order valence-electron chi connectivity index (χ0n) is 36.6. The van der Waals surface area contributed by atoms with E-state index >= 15 is 0 Å². The molecule has 6 aliphatic carbocycles. The Morgan fingerprint density at radius 1 is 0.438 bits per heavy atom. The molecule has 0 radical (unpaired) electrons. The minimum absolute atomic E-state index is 0.0608. The maximum atomic E-state index is 12.5. The summed E-state index contributed by atoms with van der Waals surface area (Å²) in [6, 6.07) is 3.14. The van der Waals surface area contributed by atoms with Crippen molar-refractivity contribution in [2.45, 2.75) is 129 Å². The molecule has 0 spiro atoms. The Balaban J connectivity index is 0.000000211. The van der Waals surface area contributed by atoms with E-state index in [-0.39, 0.29) is 42.4 Å². The van der Waals surface area contributed by atoms with Crippen LogP contribution in [0.1, 0.15) is 56.1 Å². The van der Waals surface area contributed by atoms with Gasteiger partial charge in [-0.3, -0.25) is 0 Å². The molecule has 9 unspecified atom stereocenters. The zero-order valence-corrected chi connectivity index (χ0v) is 36.6. The molecule has 1 aromatic carbocycles. The van der Waals surface area contributed by atoms with Crippen molar-refractivity contribution in [3.05, 3.63) is 78.4 Å². The number of hydrogen-bond acceptors (Lipinski definition) is 6. The van der Waals surface area contributed by atoms with Gasteiger partial charge in [0.25, 0.3) is 16.8 Å². The van der Waals surface area contributed by atoms with Gasteiger partial charge in [0, 0.05) is 17.4 Å². The van der Waals surface area contributed by atoms with Gasteiger partial charge in [0.1, 0.15) is 0 Å². The molecule has 6 aliphatic rings. The number of benzene rings is 1. The van der Waals surface area contributed by atoms with Gasteiger partial charge in [-0.15, -0.1) is 0 Å². The predicted octanol–water partition coefficient (Wildman–Crippen LogP) is 12.7. The Morgan fingerprint density at radius 2 is 0.808 bits per heavy atom. The van der Waals surface area contributed by atoms with Gasteiger partial charge in [0.15, 0.2) is 0 Å². The van der Waals surface area contributed by atoms with Crippen LogP contribution in [0, 0.1) is 41.4 Å². The average molecular weight is 1110 g/mol. The monoisotopic (exact) mass is 1110 g/mol. The second kappa shape index (κ2) is 20.7. The lowest BCUT2D eigenvalue weighted by Gasteiger charge is -2.35. The maximum absolute atomic E-state index is 12.5. The highest BCUT2D eigenvalue weighted by atomic mass is 19.4. The number of aliphatic hydroxyl groups is 4. The number of hydrogen-bond donors (Lipinski definition) is 4. The van der Waals surface area contributed by atoms with E-state index in [2.05, 4.69) is 11.3 Å². The Bertz CT molecular complexity index is 1980. The fourth-order valence-corrected chi connectivity index (χ4v) is 9.10. The molecule has 1 aromatic rings. The molecule has 0 aromatic heterocycles. The van der Waals surface area contributed by atoms with Crippen molar-refractivity contribution in [3.8, 4) is 0 Å². The van der Waals surface area contributed by atoms with Crippen molar-refractivity contribution in [3.63, 3.8) is 0 Å². The highest BCUT2D eigenvalue weighted by Crippen LogP contribution is 2.55. The lowest BCUT2D eigenvalue weighted by Crippen LogP contribution is -2.60. The summed E-state index contributed by atoms with van der Waals surface area (Å²) in [4.78, 5) is 0. The third-order valence-electron chi connectivity index (χ3n) is 13.3. The number of fused-ring (bicyclic) bond motifs is 6. The summed E-state index contributed by atoms with van der Waals surface area (Å²) in [6.45, 7) is 1.50. The van der Waals surface area contributed by atoms with Gasteiger partial charge in [-0.25, -0.2) is 0 Å². The smallest absolute Gasteiger partial charge is 0.374 e. The SMILES string of the molecule is C=Cc1ccc(C(O)(C(F)(F)F)C(F)(F)F)cc1.OC(CC1CC2C=CC1C2)(C(F)(F)F)C(F)(F)F.OC(COC1CC2C=CC1C2)(C(F)(F)F)C(F)(F)F.OC(OC1CC2C=CC1C2)(C(F)(F)F)C(F)(F)F. The molecule has 9 atom stereocenters. The summed E-state index contributed by atoms with van der Waals surface area (Å²) in [5, 5.41) is 35.9. The molecular formula is C43H42F24O6. The molecule has 0 heterocycles. The second-order valence-corrected chi connectivity index (χ2v) is 18.2. The first-order chi connectivity index (χ1) is 32.7. The minimum Gasteiger partial charge on any atom is -0.374 e. The van der Waals surface area contributed by atoms with E-state index in [9.17, 15) is 105 Å². The summed E-state index contributed by atoms with van der Waals surface area (Å²) in [5.41, 5.74) is -15.2. The van der Waals surface area contributed by atoms with E-state index in [1.807, 2.05) is 12.2 Å². The van der Waals surface area contributed by atoms with E-state index in [0.29, 0.717) is 43.4 Å². The van der Waals surface area contributed by atoms with Gasteiger partial charge in [-0.05, 0) is 80.1 Å². The van der Waals surface area contributed by atoms with Crippen molar-refractivity contribution in [2.24, 2.45) is 41.4 Å². The molecule has 4 N–H and O–H groups in total. The Morgan fingerprint density at radius 3 is 1.10 bits per heavy atom. The standard InChI is InChI=1S/C11H12F6O2.C11H12F6O.C11H8F6O.C10H10F6O2/c12-10(13,14)9(18,11(15,16)17)5-19-8-4-6-1-2-7(8)3-6;12-10(13,14)9(18,11(15,16)17)5-8-4-6-1-2-7(8)3-6;1-2-7-3-5-8(6-4-7)9(18,10(12,13)14)11(15,16)17;11-9(12,13)8(17,10(14,15)16)18-7-4-5-1-2-6(7)3-5/h1-2,6-8,18H,3-5H2;1-2,6-8,18H,3-5H2;2-6,18H,1H2;1-2,5-7,17H,3-4H2. The average Bonchev–Trinajstić information content (AvgIpc) is 4.11. The maximum Gasteiger partial charge on any atom is 0.453 e. The Kier molecular flexibility index (Phi) is 17.5. The minimum atomic E-state index is -5.92. The van der Waals surface area contributed by atoms with Crippen molar-refractivity contribution in [1.29, 1.82) is 0 Å². The molecule has 6 bridgehead atoms. The summed E-state index contributed by atoms with van der Waals surface area (Å²) in [7, 11) is 0. The predicted molar refractivity (Wildman–Crippen MR) is 203 cm³/mol. The summed E-state index contributed by atoms with van der Waals surface area (Å²) in [5.74, 6) is -6.62. The fraction of sp³-hybridized carbons (Fsp3) is 0.674. The number of halogens is 24. The van der Waals surface area contributed by atoms with Crippen LogP contribution in [0.15, 0.2) is 67.3 Å². The molecule has 3 fully saturated rings. The Hall–Kier alpha value is -3.74. The molecule has 7 rings (SSSR count). The van der Waals surface area contributed by atoms with Crippen LogP contribution < -0.4 is 0 Å². The van der Waals surface area contributed by atoms with Crippen LogP contribution in [-0.2, 0) is 15.1 Å². The van der Waals surface area contributed by atoms with Gasteiger partial charge >= 0.3 is 55.2 Å². The highest BCUT2D eigenvalue weighted by molar-refractivity contribution is 5.48. The van der Waals surface area contributed by atoms with Gasteiger partial charge < -0.3 is 29.9 Å². The largest absolute Gasteiger partial charge is 0.453 e. The van der Waals surface area contributed by atoms with E-state index in [1.165, 1.54) is 12.2 Å². The first-order valence-electron chi connectivity index (χ1n) is 21.2. The second-order valence-electron chi connectivity index (χ2n) is 18.2. The third-order valence-corrected chi connectivity index (χ3v) is 13.3. The van der Waals surface area contributed by atoms with E-state index < -0.39 is 115 Å². The van der Waals surface area contributed by atoms with Crippen molar-refractivity contribution < 1.29 is 135 Å². The van der Waals surface area contributed by atoms with Gasteiger partial charge in [0.05, 0.1) is 18.8 Å². The van der Waals surface area contributed by atoms with Crippen LogP contribution in [0.5, 0.6) is 0 Å². The molecule has 73 heavy (non-hydrogen) atoms. The lowest BCUT2D eigenvalue weighted by molar-refractivity contribution is -0.466. The molecule has 30 heteroatoms. The summed E-state index contributed by atoms with van der Waals surface area (Å²) in [6.07, 6.45) is -35.7. The van der Waals surface area contributed by atoms with Crippen molar-refractivity contribution >= 4 is 6.08 Å². The van der Waals surface area contributed by atoms with E-state index in [1.54, 1.807) is 18.2 Å². The molecular weight excluding hydrogens is 1070 g/mol. The number of allylic oxidation sites excluding steroid dienone is 4. The molecule has 0 aliphatic heterocycles. The van der Waals surface area contributed by atoms with Crippen molar-refractivity contribution in [2.75, 3.05) is 6.61 Å². The zero-order chi connectivity index (χ0) is 56.2. The van der Waals surface area contributed by atoms with Crippen molar-refractivity contribution in [1.82, 2.24) is 0 Å². The van der Waals surface area contributed by atoms with Crippen LogP contribution in [0.2, 0.25) is 0 Å². The molecule has 3 saturated carbocycles. The number of ether oxygens (including phenoxy) is 2. The highest BCUT2D eigenvalue weighted by Gasteiger charge is 2.75. The quantitative estimate of drug-likeness (QED) is 0.112. The van der Waals surface area contributed by atoms with Gasteiger partial charge in [0.2, 0.25) is 0 Å². The summed E-state index contributed by atoms with van der Waals surface area (Å²) < 4.78 is 307. The van der Waals surface area contributed by atoms with Crippen LogP contribution in [0.3, 0.4) is 0 Å². The lowest BCUT2D eigenvalue weighted by atomic mass is 9.82. The summed E-state index contributed by atoms with van der Waals surface area (Å²) >= 11 is 0. The van der Waals surface area contributed by atoms with Crippen LogP contribution in [0.25, 0.3) is 6.08 Å². The number of alkyl halides is 24. The molecule has 6 nitrogen and oxygen atoms in total. The van der Waals surface area contributed by atoms with E-state index in [4.69, 9.17) is 25.2 Å². The van der Waals surface area contributed by atoms with Gasteiger partial charge in [-0.2, -0.15) is 105 Å². The topological polar surface area (TPSA) is 99.4 Å². The van der Waals surface area contributed by atoms with Gasteiger partial charge in [-0.1, -0.05) is 73.4 Å². The Labute approximate surface area is 397 Å². The molecule has 0 saturated heterocycles. The first-order valence-corrected chi connectivity index (χ1v) is 21.2. The molecule has 418 valence electrons. The first kappa shape index (κ1) is 61.8. The van der Waals surface area contributed by atoms with E-state index in [0.717, 1.165) is 12.1 Å². The van der Waals surface area contributed by atoms with Crippen LogP contribution >= 0.6 is 0 Å². The molecule has 0 amide bonds. The van der Waals surface area contributed by atoms with Crippen LogP contribution in [-0.4, -0.2) is 106 Å². The normalized spacial score (nSPS) is 27.4. The fourth-order valence-electron chi connectivity index (χ4n) is 9.10. The number of rotatable bonds is 9.